The molecule has 1 heterocycles. The predicted molar refractivity (Wildman–Crippen MR) is 108 cm³/mol. The fourth-order valence-corrected chi connectivity index (χ4v) is 3.81. The maximum absolute atomic E-state index is 12.8. The number of hydrogen-bond donors (Lipinski definition) is 2. The highest BCUT2D eigenvalue weighted by Crippen LogP contribution is 2.33. The van der Waals surface area contributed by atoms with Crippen molar-refractivity contribution in [3.05, 3.63) is 35.4 Å². The van der Waals surface area contributed by atoms with E-state index in [2.05, 4.69) is 10.6 Å². The molecule has 3 amide bonds. The lowest BCUT2D eigenvalue weighted by atomic mass is 9.88. The average molecular weight is 386 g/mol. The Morgan fingerprint density at radius 1 is 1.14 bits per heavy atom. The van der Waals surface area contributed by atoms with Crippen LogP contribution in [0.3, 0.4) is 0 Å². The molecule has 1 aliphatic carbocycles. The third kappa shape index (κ3) is 5.12. The molecule has 0 spiro atoms. The number of aryl methyl sites for hydroxylation is 1. The van der Waals surface area contributed by atoms with Crippen molar-refractivity contribution in [1.82, 2.24) is 15.5 Å². The third-order valence-corrected chi connectivity index (χ3v) is 5.65. The van der Waals surface area contributed by atoms with E-state index in [1.165, 1.54) is 0 Å². The molecule has 0 bridgehead atoms. The van der Waals surface area contributed by atoms with E-state index in [1.54, 1.807) is 6.07 Å². The summed E-state index contributed by atoms with van der Waals surface area (Å²) < 4.78 is 0. The van der Waals surface area contributed by atoms with Gasteiger partial charge in [-0.05, 0) is 57.1 Å². The molecule has 1 aromatic rings. The summed E-state index contributed by atoms with van der Waals surface area (Å²) in [5, 5.41) is 5.89. The number of benzene rings is 1. The topological polar surface area (TPSA) is 78.5 Å². The Kier molecular flexibility index (Phi) is 6.70. The van der Waals surface area contributed by atoms with E-state index in [0.717, 1.165) is 37.7 Å². The molecule has 0 unspecified atom stereocenters. The molecule has 0 aromatic heterocycles. The normalized spacial score (nSPS) is 18.4. The lowest BCUT2D eigenvalue weighted by molar-refractivity contribution is -0.134. The van der Waals surface area contributed by atoms with Gasteiger partial charge in [0.05, 0.1) is 0 Å². The summed E-state index contributed by atoms with van der Waals surface area (Å²) >= 11 is 0. The summed E-state index contributed by atoms with van der Waals surface area (Å²) in [7, 11) is 0. The maximum atomic E-state index is 12.8. The van der Waals surface area contributed by atoms with Gasteiger partial charge in [-0.2, -0.15) is 0 Å². The van der Waals surface area contributed by atoms with E-state index in [4.69, 9.17) is 0 Å². The number of amides is 3. The summed E-state index contributed by atoms with van der Waals surface area (Å²) in [6, 6.07) is 6.80. The fraction of sp³-hybridized carbons (Fsp3) is 0.591. The lowest BCUT2D eigenvalue weighted by Crippen LogP contribution is -2.54. The molecule has 2 N–H and O–H groups in total. The van der Waals surface area contributed by atoms with Gasteiger partial charge < -0.3 is 15.5 Å². The van der Waals surface area contributed by atoms with Gasteiger partial charge in [0, 0.05) is 31.1 Å². The van der Waals surface area contributed by atoms with Crippen molar-refractivity contribution in [1.29, 1.82) is 0 Å². The zero-order valence-electron chi connectivity index (χ0n) is 16.9. The molecule has 28 heavy (non-hydrogen) atoms. The SMILES string of the molecule is CCCNC(=O)[C@H](NC(=O)c1cccc(C)c1)C1CCN(C(=O)C2CC2)CC1. The van der Waals surface area contributed by atoms with E-state index in [9.17, 15) is 14.4 Å². The fourth-order valence-electron chi connectivity index (χ4n) is 3.81. The van der Waals surface area contributed by atoms with Gasteiger partial charge in [0.2, 0.25) is 11.8 Å². The number of likely N-dealkylation sites (tertiary alicyclic amines) is 1. The molecule has 152 valence electrons. The van der Waals surface area contributed by atoms with E-state index in [1.807, 2.05) is 36.9 Å². The first-order chi connectivity index (χ1) is 13.5. The Labute approximate surface area is 167 Å². The van der Waals surface area contributed by atoms with Crippen LogP contribution in [0.15, 0.2) is 24.3 Å². The third-order valence-electron chi connectivity index (χ3n) is 5.65. The summed E-state index contributed by atoms with van der Waals surface area (Å²) in [6.45, 7) is 5.86. The second-order valence-electron chi connectivity index (χ2n) is 8.05. The van der Waals surface area contributed by atoms with Gasteiger partial charge in [0.25, 0.3) is 5.91 Å². The zero-order valence-corrected chi connectivity index (χ0v) is 16.9. The van der Waals surface area contributed by atoms with Crippen molar-refractivity contribution in [3.63, 3.8) is 0 Å². The number of nitrogens with one attached hydrogen (secondary N) is 2. The second kappa shape index (κ2) is 9.22. The minimum atomic E-state index is -0.572. The van der Waals surface area contributed by atoms with Crippen LogP contribution in [0.2, 0.25) is 0 Å². The highest BCUT2D eigenvalue weighted by Gasteiger charge is 2.38. The van der Waals surface area contributed by atoms with Crippen LogP contribution in [0.4, 0.5) is 0 Å². The molecule has 1 aliphatic heterocycles. The van der Waals surface area contributed by atoms with E-state index in [0.29, 0.717) is 25.2 Å². The number of nitrogens with zero attached hydrogens (tertiary/aromatic N) is 1. The van der Waals surface area contributed by atoms with Crippen LogP contribution in [0.1, 0.15) is 54.9 Å². The first kappa shape index (κ1) is 20.4. The van der Waals surface area contributed by atoms with Crippen LogP contribution in [0.25, 0.3) is 0 Å². The largest absolute Gasteiger partial charge is 0.354 e. The molecule has 3 rings (SSSR count). The van der Waals surface area contributed by atoms with Crippen LogP contribution >= 0.6 is 0 Å². The second-order valence-corrected chi connectivity index (χ2v) is 8.05. The predicted octanol–water partition coefficient (Wildman–Crippen LogP) is 2.27. The van der Waals surface area contributed by atoms with Crippen molar-refractivity contribution in [2.24, 2.45) is 11.8 Å². The van der Waals surface area contributed by atoms with Gasteiger partial charge in [-0.15, -0.1) is 0 Å². The Hall–Kier alpha value is -2.37. The molecule has 2 aliphatic rings. The average Bonchev–Trinajstić information content (AvgIpc) is 3.55. The Bertz CT molecular complexity index is 721. The number of hydrogen-bond acceptors (Lipinski definition) is 3. The summed E-state index contributed by atoms with van der Waals surface area (Å²) in [4.78, 5) is 39.7. The van der Waals surface area contributed by atoms with Crippen LogP contribution in [-0.2, 0) is 9.59 Å². The molecule has 1 atom stereocenters. The molecular formula is C22H31N3O3. The Morgan fingerprint density at radius 2 is 1.86 bits per heavy atom. The van der Waals surface area contributed by atoms with Gasteiger partial charge in [0.15, 0.2) is 0 Å². The molecule has 1 saturated carbocycles. The van der Waals surface area contributed by atoms with Gasteiger partial charge in [-0.25, -0.2) is 0 Å². The molecule has 6 nitrogen and oxygen atoms in total. The molecule has 6 heteroatoms. The minimum absolute atomic E-state index is 0.0360. The number of rotatable bonds is 7. The molecule has 1 saturated heterocycles. The van der Waals surface area contributed by atoms with Crippen LogP contribution in [0.5, 0.6) is 0 Å². The first-order valence-electron chi connectivity index (χ1n) is 10.4. The molecular weight excluding hydrogens is 354 g/mol. The summed E-state index contributed by atoms with van der Waals surface area (Å²) in [5.41, 5.74) is 1.57. The first-order valence-corrected chi connectivity index (χ1v) is 10.4. The smallest absolute Gasteiger partial charge is 0.251 e. The highest BCUT2D eigenvalue weighted by molar-refractivity contribution is 5.97. The minimum Gasteiger partial charge on any atom is -0.354 e. The summed E-state index contributed by atoms with van der Waals surface area (Å²) in [5.74, 6) is 0.163. The van der Waals surface area contributed by atoms with Crippen LogP contribution < -0.4 is 10.6 Å². The van der Waals surface area contributed by atoms with Crippen LogP contribution in [-0.4, -0.2) is 48.3 Å². The lowest BCUT2D eigenvalue weighted by Gasteiger charge is -2.36. The molecule has 0 radical (unpaired) electrons. The monoisotopic (exact) mass is 385 g/mol. The van der Waals surface area contributed by atoms with Gasteiger partial charge in [0.1, 0.15) is 6.04 Å². The Balaban J connectivity index is 1.65. The summed E-state index contributed by atoms with van der Waals surface area (Å²) in [6.07, 6.45) is 4.33. The van der Waals surface area contributed by atoms with E-state index < -0.39 is 6.04 Å². The van der Waals surface area contributed by atoms with Crippen LogP contribution in [0, 0.1) is 18.8 Å². The number of piperidine rings is 1. The van der Waals surface area contributed by atoms with E-state index in [-0.39, 0.29) is 29.6 Å². The Morgan fingerprint density at radius 3 is 2.46 bits per heavy atom. The number of carbonyl (C=O) groups excluding carboxylic acids is 3. The molecule has 1 aromatic carbocycles. The van der Waals surface area contributed by atoms with Gasteiger partial charge in [-0.1, -0.05) is 24.6 Å². The number of carbonyl (C=O) groups is 3. The van der Waals surface area contributed by atoms with E-state index >= 15 is 0 Å². The van der Waals surface area contributed by atoms with Crippen molar-refractivity contribution in [2.45, 2.75) is 52.0 Å². The standard InChI is InChI=1S/C22H31N3O3/c1-3-11-23-21(27)19(24-20(26)18-6-4-5-15(2)14-18)16-9-12-25(13-10-16)22(28)17-7-8-17/h4-6,14,16-17,19H,3,7-13H2,1-2H3,(H,23,27)(H,24,26)/t19-/m1/s1. The van der Waals surface area contributed by atoms with Crippen molar-refractivity contribution in [2.75, 3.05) is 19.6 Å². The van der Waals surface area contributed by atoms with Crippen molar-refractivity contribution >= 4 is 17.7 Å². The maximum Gasteiger partial charge on any atom is 0.251 e. The molecule has 2 fully saturated rings. The quantitative estimate of drug-likeness (QED) is 0.756. The highest BCUT2D eigenvalue weighted by atomic mass is 16.2. The van der Waals surface area contributed by atoms with Gasteiger partial charge in [-0.3, -0.25) is 14.4 Å². The van der Waals surface area contributed by atoms with Crippen molar-refractivity contribution < 1.29 is 14.4 Å². The van der Waals surface area contributed by atoms with Crippen molar-refractivity contribution in [3.8, 4) is 0 Å². The zero-order chi connectivity index (χ0) is 20.1. The van der Waals surface area contributed by atoms with Gasteiger partial charge >= 0.3 is 0 Å².